The molecule has 1 aliphatic heterocycles. The van der Waals surface area contributed by atoms with Crippen LogP contribution in [0.25, 0.3) is 0 Å². The fourth-order valence-corrected chi connectivity index (χ4v) is 2.66. The van der Waals surface area contributed by atoms with Crippen LogP contribution in [0.3, 0.4) is 0 Å². The van der Waals surface area contributed by atoms with Crippen molar-refractivity contribution >= 4 is 23.5 Å². The third kappa shape index (κ3) is 4.37. The second-order valence-corrected chi connectivity index (χ2v) is 5.96. The maximum absolute atomic E-state index is 12.6. The Hall–Kier alpha value is -3.62. The zero-order valence-electron chi connectivity index (χ0n) is 15.2. The molecule has 2 N–H and O–H groups in total. The molecule has 0 aliphatic carbocycles. The number of carboxylic acids is 1. The summed E-state index contributed by atoms with van der Waals surface area (Å²) in [5, 5.41) is 11.8. The molecule has 0 spiro atoms. The molecule has 1 aromatic carbocycles. The smallest absolute Gasteiger partial charge is 0.335 e. The number of ether oxygens (including phenoxy) is 2. The first kappa shape index (κ1) is 19.2. The van der Waals surface area contributed by atoms with Crippen LogP contribution in [0.2, 0.25) is 0 Å². The minimum absolute atomic E-state index is 0.0334. The summed E-state index contributed by atoms with van der Waals surface area (Å²) in [5.41, 5.74) is 0.438. The van der Waals surface area contributed by atoms with Gasteiger partial charge in [0.25, 0.3) is 5.91 Å². The van der Waals surface area contributed by atoms with E-state index in [1.807, 2.05) is 0 Å². The molecule has 0 saturated carbocycles. The lowest BCUT2D eigenvalue weighted by atomic mass is 10.2. The number of pyridine rings is 1. The molecule has 9 heteroatoms. The quantitative estimate of drug-likeness (QED) is 0.776. The van der Waals surface area contributed by atoms with Crippen molar-refractivity contribution in [2.24, 2.45) is 0 Å². The highest BCUT2D eigenvalue weighted by Crippen LogP contribution is 2.32. The van der Waals surface area contributed by atoms with Gasteiger partial charge in [-0.05, 0) is 31.2 Å². The van der Waals surface area contributed by atoms with Crippen molar-refractivity contribution in [3.63, 3.8) is 0 Å². The van der Waals surface area contributed by atoms with Crippen LogP contribution in [0, 0.1) is 0 Å². The molecule has 0 atom stereocenters. The van der Waals surface area contributed by atoms with Crippen molar-refractivity contribution in [3.05, 3.63) is 47.8 Å². The topological polar surface area (TPSA) is 118 Å². The number of carbonyl (C=O) groups is 3. The van der Waals surface area contributed by atoms with E-state index in [4.69, 9.17) is 14.6 Å². The van der Waals surface area contributed by atoms with Crippen molar-refractivity contribution < 1.29 is 29.0 Å². The third-order valence-corrected chi connectivity index (χ3v) is 4.06. The zero-order chi connectivity index (χ0) is 20.1. The molecule has 3 rings (SSSR count). The van der Waals surface area contributed by atoms with E-state index in [9.17, 15) is 14.4 Å². The van der Waals surface area contributed by atoms with Crippen LogP contribution >= 0.6 is 0 Å². The van der Waals surface area contributed by atoms with Crippen LogP contribution in [0.1, 0.15) is 27.8 Å². The second-order valence-electron chi connectivity index (χ2n) is 5.96. The Morgan fingerprint density at radius 1 is 1.14 bits per heavy atom. The molecule has 2 amide bonds. The fraction of sp³-hybridized carbons (Fsp3) is 0.263. The molecule has 2 aromatic rings. The fourth-order valence-electron chi connectivity index (χ4n) is 2.66. The van der Waals surface area contributed by atoms with E-state index in [1.54, 1.807) is 25.1 Å². The average molecular weight is 385 g/mol. The summed E-state index contributed by atoms with van der Waals surface area (Å²) in [5.74, 6) is -0.929. The van der Waals surface area contributed by atoms with Gasteiger partial charge in [-0.1, -0.05) is 0 Å². The predicted octanol–water partition coefficient (Wildman–Crippen LogP) is 1.65. The number of aromatic nitrogens is 1. The number of carbonyl (C=O) groups excluding carboxylic acids is 2. The maximum Gasteiger partial charge on any atom is 0.335 e. The van der Waals surface area contributed by atoms with Crippen LogP contribution < -0.4 is 14.8 Å². The van der Waals surface area contributed by atoms with Gasteiger partial charge in [-0.3, -0.25) is 14.6 Å². The lowest BCUT2D eigenvalue weighted by molar-refractivity contribution is -0.116. The van der Waals surface area contributed by atoms with Crippen molar-refractivity contribution in [1.29, 1.82) is 0 Å². The van der Waals surface area contributed by atoms with Crippen molar-refractivity contribution in [2.75, 3.05) is 31.6 Å². The van der Waals surface area contributed by atoms with E-state index >= 15 is 0 Å². The van der Waals surface area contributed by atoms with Gasteiger partial charge in [-0.15, -0.1) is 0 Å². The minimum atomic E-state index is -1.16. The van der Waals surface area contributed by atoms with Gasteiger partial charge in [-0.25, -0.2) is 4.79 Å². The summed E-state index contributed by atoms with van der Waals surface area (Å²) in [7, 11) is 0. The number of rotatable bonds is 6. The molecule has 0 saturated heterocycles. The molecule has 9 nitrogen and oxygen atoms in total. The zero-order valence-corrected chi connectivity index (χ0v) is 15.2. The highest BCUT2D eigenvalue weighted by Gasteiger charge is 2.20. The lowest BCUT2D eigenvalue weighted by Gasteiger charge is -2.21. The number of carboxylic acid groups (broad SMARTS) is 1. The highest BCUT2D eigenvalue weighted by atomic mass is 16.6. The number of nitrogens with one attached hydrogen (secondary N) is 1. The Morgan fingerprint density at radius 3 is 2.61 bits per heavy atom. The second kappa shape index (κ2) is 8.38. The number of hydrogen-bond acceptors (Lipinski definition) is 6. The van der Waals surface area contributed by atoms with E-state index in [0.717, 1.165) is 0 Å². The van der Waals surface area contributed by atoms with Crippen LogP contribution in [-0.2, 0) is 4.79 Å². The molecule has 146 valence electrons. The van der Waals surface area contributed by atoms with Gasteiger partial charge < -0.3 is 24.8 Å². The standard InChI is InChI=1S/C19H19N3O6/c1-2-22(18(24)14-9-12(19(25)26)5-6-20-14)11-17(23)21-13-3-4-15-16(10-13)28-8-7-27-15/h3-6,9-10H,2,7-8,11H2,1H3,(H,21,23)(H,25,26). The first-order valence-corrected chi connectivity index (χ1v) is 8.66. The molecule has 1 aliphatic rings. The summed E-state index contributed by atoms with van der Waals surface area (Å²) in [6.07, 6.45) is 1.25. The van der Waals surface area contributed by atoms with Crippen LogP contribution in [0.4, 0.5) is 5.69 Å². The van der Waals surface area contributed by atoms with E-state index in [1.165, 1.54) is 23.2 Å². The van der Waals surface area contributed by atoms with Crippen molar-refractivity contribution in [1.82, 2.24) is 9.88 Å². The van der Waals surface area contributed by atoms with Gasteiger partial charge in [0.1, 0.15) is 25.5 Å². The molecule has 0 fully saturated rings. The Balaban J connectivity index is 1.67. The largest absolute Gasteiger partial charge is 0.486 e. The van der Waals surface area contributed by atoms with Crippen LogP contribution in [0.15, 0.2) is 36.5 Å². The highest BCUT2D eigenvalue weighted by molar-refractivity contribution is 5.99. The molecule has 28 heavy (non-hydrogen) atoms. The number of fused-ring (bicyclic) bond motifs is 1. The summed E-state index contributed by atoms with van der Waals surface area (Å²) in [6, 6.07) is 7.52. The Bertz CT molecular complexity index is 914. The van der Waals surface area contributed by atoms with Crippen molar-refractivity contribution in [2.45, 2.75) is 6.92 Å². The van der Waals surface area contributed by atoms with Gasteiger partial charge in [0.2, 0.25) is 5.91 Å². The number of nitrogens with zero attached hydrogens (tertiary/aromatic N) is 2. The normalized spacial score (nSPS) is 12.2. The van der Waals surface area contributed by atoms with Gasteiger partial charge in [0.15, 0.2) is 11.5 Å². The molecule has 0 unspecified atom stereocenters. The summed E-state index contributed by atoms with van der Waals surface area (Å²) in [4.78, 5) is 41.2. The number of aromatic carboxylic acids is 1. The number of benzene rings is 1. The number of hydrogen-bond donors (Lipinski definition) is 2. The number of likely N-dealkylation sites (N-methyl/N-ethyl adjacent to an activating group) is 1. The molecular weight excluding hydrogens is 366 g/mol. The van der Waals surface area contributed by atoms with E-state index < -0.39 is 17.8 Å². The van der Waals surface area contributed by atoms with Gasteiger partial charge in [0.05, 0.1) is 5.56 Å². The average Bonchev–Trinajstić information content (AvgIpc) is 2.71. The summed E-state index contributed by atoms with van der Waals surface area (Å²) in [6.45, 7) is 2.68. The predicted molar refractivity (Wildman–Crippen MR) is 98.8 cm³/mol. The summed E-state index contributed by atoms with van der Waals surface area (Å²) >= 11 is 0. The summed E-state index contributed by atoms with van der Waals surface area (Å²) < 4.78 is 10.9. The van der Waals surface area contributed by atoms with E-state index in [2.05, 4.69) is 10.3 Å². The van der Waals surface area contributed by atoms with Gasteiger partial charge >= 0.3 is 5.97 Å². The van der Waals surface area contributed by atoms with Gasteiger partial charge in [-0.2, -0.15) is 0 Å². The first-order valence-electron chi connectivity index (χ1n) is 8.66. The Kier molecular flexibility index (Phi) is 5.73. The van der Waals surface area contributed by atoms with Gasteiger partial charge in [0, 0.05) is 24.5 Å². The van der Waals surface area contributed by atoms with Crippen LogP contribution in [0.5, 0.6) is 11.5 Å². The van der Waals surface area contributed by atoms with E-state index in [-0.39, 0.29) is 24.3 Å². The lowest BCUT2D eigenvalue weighted by Crippen LogP contribution is -2.38. The van der Waals surface area contributed by atoms with Crippen LogP contribution in [-0.4, -0.2) is 59.1 Å². The monoisotopic (exact) mass is 385 g/mol. The SMILES string of the molecule is CCN(CC(=O)Nc1ccc2c(c1)OCCO2)C(=O)c1cc(C(=O)O)ccn1. The van der Waals surface area contributed by atoms with E-state index in [0.29, 0.717) is 30.4 Å². The Morgan fingerprint density at radius 2 is 1.89 bits per heavy atom. The molecule has 0 bridgehead atoms. The molecule has 2 heterocycles. The number of anilines is 1. The molecule has 1 aromatic heterocycles. The minimum Gasteiger partial charge on any atom is -0.486 e. The molecular formula is C19H19N3O6. The maximum atomic E-state index is 12.6. The Labute approximate surface area is 160 Å². The number of amides is 2. The molecule has 0 radical (unpaired) electrons. The van der Waals surface area contributed by atoms with Crippen molar-refractivity contribution in [3.8, 4) is 11.5 Å². The third-order valence-electron chi connectivity index (χ3n) is 4.06. The first-order chi connectivity index (χ1) is 13.5.